The zero-order chi connectivity index (χ0) is 24.8. The molecular weight excluding hydrogens is 442 g/mol. The Kier molecular flexibility index (Phi) is 7.83. The van der Waals surface area contributed by atoms with Crippen molar-refractivity contribution >= 4 is 29.2 Å². The molecule has 0 unspecified atom stereocenters. The lowest BCUT2D eigenvalue weighted by Gasteiger charge is -2.31. The average Bonchev–Trinajstić information content (AvgIpc) is 2.83. The fourth-order valence-electron chi connectivity index (χ4n) is 3.77. The van der Waals surface area contributed by atoms with Crippen molar-refractivity contribution in [2.24, 2.45) is 5.92 Å². The molecule has 1 atom stereocenters. The number of piperidine rings is 1. The van der Waals surface area contributed by atoms with Crippen molar-refractivity contribution in [3.05, 3.63) is 63.7 Å². The maximum atomic E-state index is 12.8. The van der Waals surface area contributed by atoms with Gasteiger partial charge in [0.2, 0.25) is 0 Å². The van der Waals surface area contributed by atoms with Gasteiger partial charge in [-0.05, 0) is 44.4 Å². The second-order valence-corrected chi connectivity index (χ2v) is 8.09. The van der Waals surface area contributed by atoms with E-state index in [4.69, 9.17) is 9.47 Å². The SMILES string of the molecule is COc1ccc([N+](=O)[O-])cc1NC(=O)[C@@H](C)OC(=O)C1CCN(C(=O)c2ccccc2C)CC1. The van der Waals surface area contributed by atoms with Crippen molar-refractivity contribution in [2.75, 3.05) is 25.5 Å². The first-order valence-corrected chi connectivity index (χ1v) is 10.9. The number of non-ortho nitro benzene ring substituents is 1. The van der Waals surface area contributed by atoms with E-state index in [9.17, 15) is 24.5 Å². The smallest absolute Gasteiger partial charge is 0.309 e. The highest BCUT2D eigenvalue weighted by atomic mass is 16.6. The van der Waals surface area contributed by atoms with Crippen LogP contribution < -0.4 is 10.1 Å². The van der Waals surface area contributed by atoms with Crippen molar-refractivity contribution in [3.8, 4) is 5.75 Å². The number of nitrogens with zero attached hydrogens (tertiary/aromatic N) is 2. The van der Waals surface area contributed by atoms with E-state index in [1.165, 1.54) is 32.2 Å². The van der Waals surface area contributed by atoms with E-state index in [1.807, 2.05) is 25.1 Å². The number of amides is 2. The molecule has 0 bridgehead atoms. The van der Waals surface area contributed by atoms with Gasteiger partial charge in [0.1, 0.15) is 5.75 Å². The molecule has 0 saturated carbocycles. The number of carbonyl (C=O) groups excluding carboxylic acids is 3. The van der Waals surface area contributed by atoms with Crippen LogP contribution in [0.5, 0.6) is 5.75 Å². The monoisotopic (exact) mass is 469 g/mol. The maximum Gasteiger partial charge on any atom is 0.309 e. The third-order valence-corrected chi connectivity index (χ3v) is 5.80. The Morgan fingerprint density at radius 3 is 2.44 bits per heavy atom. The van der Waals surface area contributed by atoms with E-state index in [0.29, 0.717) is 31.5 Å². The summed E-state index contributed by atoms with van der Waals surface area (Å²) in [6.45, 7) is 4.14. The van der Waals surface area contributed by atoms with Crippen LogP contribution in [0.2, 0.25) is 0 Å². The Hall–Kier alpha value is -3.95. The number of nitro groups is 1. The van der Waals surface area contributed by atoms with Crippen LogP contribution in [0.3, 0.4) is 0 Å². The van der Waals surface area contributed by atoms with Crippen LogP contribution in [0.15, 0.2) is 42.5 Å². The minimum atomic E-state index is -1.12. The topological polar surface area (TPSA) is 128 Å². The Bertz CT molecular complexity index is 1090. The second kappa shape index (κ2) is 10.8. The van der Waals surface area contributed by atoms with Crippen molar-refractivity contribution in [1.82, 2.24) is 4.90 Å². The highest BCUT2D eigenvalue weighted by Gasteiger charge is 2.31. The molecule has 0 radical (unpaired) electrons. The summed E-state index contributed by atoms with van der Waals surface area (Å²) in [6.07, 6.45) is -0.254. The number of benzene rings is 2. The van der Waals surface area contributed by atoms with Crippen LogP contribution in [0, 0.1) is 23.0 Å². The lowest BCUT2D eigenvalue weighted by molar-refractivity contribution is -0.384. The molecule has 1 saturated heterocycles. The largest absolute Gasteiger partial charge is 0.495 e. The zero-order valence-corrected chi connectivity index (χ0v) is 19.3. The summed E-state index contributed by atoms with van der Waals surface area (Å²) < 4.78 is 10.5. The molecule has 34 heavy (non-hydrogen) atoms. The van der Waals surface area contributed by atoms with Gasteiger partial charge in [-0.25, -0.2) is 0 Å². The van der Waals surface area contributed by atoms with Crippen molar-refractivity contribution in [1.29, 1.82) is 0 Å². The van der Waals surface area contributed by atoms with Crippen molar-refractivity contribution in [3.63, 3.8) is 0 Å². The number of likely N-dealkylation sites (tertiary alicyclic amines) is 1. The van der Waals surface area contributed by atoms with Crippen LogP contribution in [0.25, 0.3) is 0 Å². The summed E-state index contributed by atoms with van der Waals surface area (Å²) in [5.74, 6) is -1.41. The molecule has 1 heterocycles. The molecule has 0 spiro atoms. The third kappa shape index (κ3) is 5.69. The van der Waals surface area contributed by atoms with Gasteiger partial charge in [0.25, 0.3) is 17.5 Å². The van der Waals surface area contributed by atoms with Gasteiger partial charge >= 0.3 is 5.97 Å². The standard InChI is InChI=1S/C24H27N3O7/c1-15-6-4-5-7-19(15)23(29)26-12-10-17(11-13-26)24(30)34-16(2)22(28)25-20-14-18(27(31)32)8-9-21(20)33-3/h4-9,14,16-17H,10-13H2,1-3H3,(H,25,28)/t16-/m1/s1. The normalized spacial score (nSPS) is 14.7. The van der Waals surface area contributed by atoms with E-state index in [2.05, 4.69) is 5.32 Å². The zero-order valence-electron chi connectivity index (χ0n) is 19.3. The fraction of sp³-hybridized carbons (Fsp3) is 0.375. The molecule has 10 nitrogen and oxygen atoms in total. The number of esters is 1. The second-order valence-electron chi connectivity index (χ2n) is 8.09. The van der Waals surface area contributed by atoms with Crippen LogP contribution in [-0.2, 0) is 14.3 Å². The fourth-order valence-corrected chi connectivity index (χ4v) is 3.77. The molecule has 10 heteroatoms. The van der Waals surface area contributed by atoms with Crippen LogP contribution in [0.1, 0.15) is 35.7 Å². The third-order valence-electron chi connectivity index (χ3n) is 5.80. The minimum absolute atomic E-state index is 0.0661. The van der Waals surface area contributed by atoms with Crippen molar-refractivity contribution in [2.45, 2.75) is 32.8 Å². The van der Waals surface area contributed by atoms with E-state index >= 15 is 0 Å². The van der Waals surface area contributed by atoms with Gasteiger partial charge in [-0.15, -0.1) is 0 Å². The Morgan fingerprint density at radius 1 is 1.15 bits per heavy atom. The summed E-state index contributed by atoms with van der Waals surface area (Å²) in [7, 11) is 1.37. The predicted octanol–water partition coefficient (Wildman–Crippen LogP) is 3.33. The van der Waals surface area contributed by atoms with E-state index in [0.717, 1.165) is 5.56 Å². The molecule has 1 fully saturated rings. The highest BCUT2D eigenvalue weighted by molar-refractivity contribution is 5.97. The van der Waals surface area contributed by atoms with Gasteiger partial charge < -0.3 is 19.7 Å². The average molecular weight is 469 g/mol. The van der Waals surface area contributed by atoms with Crippen molar-refractivity contribution < 1.29 is 28.8 Å². The Morgan fingerprint density at radius 2 is 1.82 bits per heavy atom. The molecule has 2 amide bonds. The summed E-state index contributed by atoms with van der Waals surface area (Å²) in [4.78, 5) is 50.1. The molecule has 2 aromatic carbocycles. The van der Waals surface area contributed by atoms with Gasteiger partial charge in [-0.2, -0.15) is 0 Å². The summed E-state index contributed by atoms with van der Waals surface area (Å²) >= 11 is 0. The molecule has 0 aromatic heterocycles. The molecule has 1 N–H and O–H groups in total. The molecule has 0 aliphatic carbocycles. The molecule has 1 aliphatic heterocycles. The van der Waals surface area contributed by atoms with E-state index in [1.54, 1.807) is 11.0 Å². The lowest BCUT2D eigenvalue weighted by Crippen LogP contribution is -2.42. The first-order chi connectivity index (χ1) is 16.2. The van der Waals surface area contributed by atoms with Gasteiger partial charge in [-0.1, -0.05) is 18.2 Å². The number of hydrogen-bond donors (Lipinski definition) is 1. The van der Waals surface area contributed by atoms with Crippen LogP contribution >= 0.6 is 0 Å². The van der Waals surface area contributed by atoms with Gasteiger partial charge in [0.05, 0.1) is 23.6 Å². The highest BCUT2D eigenvalue weighted by Crippen LogP contribution is 2.29. The molecule has 2 aromatic rings. The Balaban J connectivity index is 1.55. The first kappa shape index (κ1) is 24.7. The number of methoxy groups -OCH3 is 1. The number of anilines is 1. The summed E-state index contributed by atoms with van der Waals surface area (Å²) in [5, 5.41) is 13.5. The number of rotatable bonds is 7. The van der Waals surface area contributed by atoms with E-state index in [-0.39, 0.29) is 23.0 Å². The molecule has 1 aliphatic rings. The number of ether oxygens (including phenoxy) is 2. The quantitative estimate of drug-likeness (QED) is 0.374. The number of nitro benzene ring substituents is 1. The summed E-state index contributed by atoms with van der Waals surface area (Å²) in [6, 6.07) is 11.2. The summed E-state index contributed by atoms with van der Waals surface area (Å²) in [5.41, 5.74) is 1.43. The molecule has 180 valence electrons. The lowest BCUT2D eigenvalue weighted by atomic mass is 9.96. The number of nitrogens with one attached hydrogen (secondary N) is 1. The maximum absolute atomic E-state index is 12.8. The van der Waals surface area contributed by atoms with Gasteiger partial charge in [-0.3, -0.25) is 24.5 Å². The number of hydrogen-bond acceptors (Lipinski definition) is 7. The molecule has 3 rings (SSSR count). The minimum Gasteiger partial charge on any atom is -0.495 e. The predicted molar refractivity (Wildman–Crippen MR) is 124 cm³/mol. The van der Waals surface area contributed by atoms with Gasteiger partial charge in [0.15, 0.2) is 6.10 Å². The van der Waals surface area contributed by atoms with Crippen LogP contribution in [-0.4, -0.2) is 53.9 Å². The number of carbonyl (C=O) groups is 3. The number of aryl methyl sites for hydroxylation is 1. The van der Waals surface area contributed by atoms with E-state index < -0.39 is 28.8 Å². The van der Waals surface area contributed by atoms with Gasteiger partial charge in [0, 0.05) is 30.8 Å². The Labute approximate surface area is 197 Å². The first-order valence-electron chi connectivity index (χ1n) is 10.9. The molecular formula is C24H27N3O7. The van der Waals surface area contributed by atoms with Crippen LogP contribution in [0.4, 0.5) is 11.4 Å².